The second-order valence-electron chi connectivity index (χ2n) is 4.99. The van der Waals surface area contributed by atoms with Crippen LogP contribution >= 0.6 is 0 Å². The predicted molar refractivity (Wildman–Crippen MR) is 60.5 cm³/mol. The highest BCUT2D eigenvalue weighted by molar-refractivity contribution is 4.67. The molecule has 0 N–H and O–H groups in total. The fourth-order valence-corrected chi connectivity index (χ4v) is 2.16. The van der Waals surface area contributed by atoms with Gasteiger partial charge in [-0.15, -0.1) is 0 Å². The van der Waals surface area contributed by atoms with Crippen LogP contribution in [0.1, 0.15) is 40.0 Å². The zero-order valence-electron chi connectivity index (χ0n) is 10.1. The molecule has 3 atom stereocenters. The van der Waals surface area contributed by atoms with Gasteiger partial charge in [0.1, 0.15) is 0 Å². The van der Waals surface area contributed by atoms with Crippen molar-refractivity contribution in [3.05, 3.63) is 0 Å². The molecule has 2 nitrogen and oxygen atoms in total. The van der Waals surface area contributed by atoms with Gasteiger partial charge in [0.15, 0.2) is 0 Å². The summed E-state index contributed by atoms with van der Waals surface area (Å²) in [6.45, 7) is 9.18. The molecular weight excluding hydrogens is 174 g/mol. The van der Waals surface area contributed by atoms with Crippen molar-refractivity contribution in [3.63, 3.8) is 0 Å². The van der Waals surface area contributed by atoms with E-state index in [9.17, 15) is 0 Å². The van der Waals surface area contributed by atoms with Crippen LogP contribution in [0.25, 0.3) is 0 Å². The molecule has 0 bridgehead atoms. The van der Waals surface area contributed by atoms with Crippen LogP contribution in [0.15, 0.2) is 0 Å². The van der Waals surface area contributed by atoms with E-state index in [-0.39, 0.29) is 0 Å². The third-order valence-electron chi connectivity index (χ3n) is 3.07. The Bertz CT molecular complexity index is 126. The Labute approximate surface area is 88.6 Å². The number of hydrogen-bond donors (Lipinski definition) is 0. The lowest BCUT2D eigenvalue weighted by Gasteiger charge is -2.03. The lowest BCUT2D eigenvalue weighted by Crippen LogP contribution is -2.12. The van der Waals surface area contributed by atoms with Crippen LogP contribution in [0, 0.1) is 5.92 Å². The first-order valence-corrected chi connectivity index (χ1v) is 5.92. The third-order valence-corrected chi connectivity index (χ3v) is 3.07. The maximum atomic E-state index is 5.36. The van der Waals surface area contributed by atoms with Gasteiger partial charge in [-0.25, -0.2) is 0 Å². The second kappa shape index (κ2) is 5.72. The van der Waals surface area contributed by atoms with Crippen LogP contribution < -0.4 is 0 Å². The van der Waals surface area contributed by atoms with E-state index in [0.29, 0.717) is 12.2 Å². The number of hydrogen-bond acceptors (Lipinski definition) is 2. The third kappa shape index (κ3) is 4.43. The molecule has 0 aromatic rings. The number of rotatable bonds is 0. The van der Waals surface area contributed by atoms with E-state index < -0.39 is 0 Å². The highest BCUT2D eigenvalue weighted by Gasteiger charge is 2.16. The highest BCUT2D eigenvalue weighted by atomic mass is 16.5. The summed E-state index contributed by atoms with van der Waals surface area (Å²) in [6.07, 6.45) is 4.95. The van der Waals surface area contributed by atoms with Crippen LogP contribution in [0.3, 0.4) is 0 Å². The molecule has 0 aromatic carbocycles. The van der Waals surface area contributed by atoms with Crippen molar-refractivity contribution in [2.24, 2.45) is 5.92 Å². The van der Waals surface area contributed by atoms with Gasteiger partial charge in [0.05, 0.1) is 12.2 Å². The summed E-state index contributed by atoms with van der Waals surface area (Å²) < 4.78 is 5.36. The van der Waals surface area contributed by atoms with Gasteiger partial charge in [0.25, 0.3) is 0 Å². The lowest BCUT2D eigenvalue weighted by atomic mass is 10.2. The summed E-state index contributed by atoms with van der Waals surface area (Å²) in [5.74, 6) is 0.949. The molecule has 2 rings (SSSR count). The van der Waals surface area contributed by atoms with Crippen molar-refractivity contribution in [2.45, 2.75) is 52.2 Å². The minimum Gasteiger partial charge on any atom is -0.376 e. The molecule has 0 saturated carbocycles. The standard InChI is InChI=1S/C6H13N.C6H12O/c1-6-3-4-7(2)5-6;1-5-3-4-6(2)7-5/h6H,3-5H2,1-2H3;5-6H,3-4H2,1-2H3. The Morgan fingerprint density at radius 1 is 1.00 bits per heavy atom. The first-order valence-electron chi connectivity index (χ1n) is 5.92. The molecule has 2 aliphatic heterocycles. The quantitative estimate of drug-likeness (QED) is 0.594. The minimum absolute atomic E-state index is 0.523. The Balaban J connectivity index is 0.000000140. The molecule has 0 radical (unpaired) electrons. The maximum absolute atomic E-state index is 5.36. The van der Waals surface area contributed by atoms with Crippen molar-refractivity contribution in [1.82, 2.24) is 4.90 Å². The molecule has 14 heavy (non-hydrogen) atoms. The van der Waals surface area contributed by atoms with E-state index in [2.05, 4.69) is 32.7 Å². The van der Waals surface area contributed by atoms with Gasteiger partial charge in [-0.3, -0.25) is 0 Å². The van der Waals surface area contributed by atoms with Crippen molar-refractivity contribution >= 4 is 0 Å². The summed E-state index contributed by atoms with van der Waals surface area (Å²) in [4.78, 5) is 2.38. The molecule has 84 valence electrons. The van der Waals surface area contributed by atoms with Gasteiger partial charge in [-0.2, -0.15) is 0 Å². The van der Waals surface area contributed by atoms with Crippen LogP contribution in [0.4, 0.5) is 0 Å². The number of nitrogens with zero attached hydrogens (tertiary/aromatic N) is 1. The molecule has 0 aliphatic carbocycles. The van der Waals surface area contributed by atoms with E-state index >= 15 is 0 Å². The molecule has 2 aliphatic rings. The summed E-state index contributed by atoms with van der Waals surface area (Å²) in [5, 5.41) is 0. The summed E-state index contributed by atoms with van der Waals surface area (Å²) in [6, 6.07) is 0. The average molecular weight is 199 g/mol. The SMILES string of the molecule is CC1CCC(C)O1.CC1CCN(C)C1. The van der Waals surface area contributed by atoms with Crippen molar-refractivity contribution in [1.29, 1.82) is 0 Å². The number of likely N-dealkylation sites (tertiary alicyclic amines) is 1. The summed E-state index contributed by atoms with van der Waals surface area (Å²) in [5.41, 5.74) is 0. The predicted octanol–water partition coefficient (Wildman–Crippen LogP) is 2.53. The second-order valence-corrected chi connectivity index (χ2v) is 4.99. The first-order chi connectivity index (χ1) is 6.58. The van der Waals surface area contributed by atoms with Gasteiger partial charge >= 0.3 is 0 Å². The fourth-order valence-electron chi connectivity index (χ4n) is 2.16. The van der Waals surface area contributed by atoms with Gasteiger partial charge in [0, 0.05) is 6.54 Å². The Morgan fingerprint density at radius 3 is 1.71 bits per heavy atom. The smallest absolute Gasteiger partial charge is 0.0551 e. The van der Waals surface area contributed by atoms with Crippen LogP contribution in [0.2, 0.25) is 0 Å². The van der Waals surface area contributed by atoms with E-state index in [0.717, 1.165) is 5.92 Å². The Hall–Kier alpha value is -0.0800. The summed E-state index contributed by atoms with van der Waals surface area (Å²) >= 11 is 0. The van der Waals surface area contributed by atoms with Crippen molar-refractivity contribution < 1.29 is 4.74 Å². The minimum atomic E-state index is 0.523. The van der Waals surface area contributed by atoms with Crippen LogP contribution in [-0.2, 0) is 4.74 Å². The van der Waals surface area contributed by atoms with E-state index in [1.54, 1.807) is 0 Å². The van der Waals surface area contributed by atoms with E-state index in [1.807, 2.05) is 0 Å². The van der Waals surface area contributed by atoms with Gasteiger partial charge in [-0.1, -0.05) is 6.92 Å². The molecule has 0 amide bonds. The maximum Gasteiger partial charge on any atom is 0.0551 e. The molecule has 2 fully saturated rings. The largest absolute Gasteiger partial charge is 0.376 e. The normalized spacial score (nSPS) is 38.1. The first kappa shape index (κ1) is 12.0. The zero-order chi connectivity index (χ0) is 10.6. The highest BCUT2D eigenvalue weighted by Crippen LogP contribution is 2.17. The topological polar surface area (TPSA) is 12.5 Å². The van der Waals surface area contributed by atoms with Gasteiger partial charge in [-0.05, 0) is 52.6 Å². The van der Waals surface area contributed by atoms with Crippen molar-refractivity contribution in [3.8, 4) is 0 Å². The Morgan fingerprint density at radius 2 is 1.57 bits per heavy atom. The van der Waals surface area contributed by atoms with Crippen LogP contribution in [-0.4, -0.2) is 37.2 Å². The Kier molecular flexibility index (Phi) is 4.90. The van der Waals surface area contributed by atoms with Crippen LogP contribution in [0.5, 0.6) is 0 Å². The molecule has 0 spiro atoms. The lowest BCUT2D eigenvalue weighted by molar-refractivity contribution is 0.0673. The van der Waals surface area contributed by atoms with Gasteiger partial charge in [0.2, 0.25) is 0 Å². The average Bonchev–Trinajstić information content (AvgIpc) is 2.63. The van der Waals surface area contributed by atoms with E-state index in [1.165, 1.54) is 32.4 Å². The van der Waals surface area contributed by atoms with Gasteiger partial charge < -0.3 is 9.64 Å². The summed E-state index contributed by atoms with van der Waals surface area (Å²) in [7, 11) is 2.18. The van der Waals surface area contributed by atoms with E-state index in [4.69, 9.17) is 4.74 Å². The molecule has 2 heteroatoms. The molecule has 3 unspecified atom stereocenters. The zero-order valence-corrected chi connectivity index (χ0v) is 10.1. The van der Waals surface area contributed by atoms with Crippen molar-refractivity contribution in [2.75, 3.05) is 20.1 Å². The molecule has 2 heterocycles. The molecular formula is C12H25NO. The molecule has 2 saturated heterocycles. The monoisotopic (exact) mass is 199 g/mol. The number of ether oxygens (including phenoxy) is 1. The molecule has 0 aromatic heterocycles. The fraction of sp³-hybridized carbons (Fsp3) is 1.00.